The van der Waals surface area contributed by atoms with Crippen LogP contribution in [0.1, 0.15) is 18.6 Å². The molecule has 5 nitrogen and oxygen atoms in total. The highest BCUT2D eigenvalue weighted by Gasteiger charge is 2.34. The van der Waals surface area contributed by atoms with Crippen LogP contribution in [0.4, 0.5) is 0 Å². The van der Waals surface area contributed by atoms with Crippen molar-refractivity contribution in [3.8, 4) is 0 Å². The van der Waals surface area contributed by atoms with E-state index >= 15 is 0 Å². The highest BCUT2D eigenvalue weighted by molar-refractivity contribution is 6.06. The Hall–Kier alpha value is -2.82. The summed E-state index contributed by atoms with van der Waals surface area (Å²) in [6, 6.07) is 13.1. The lowest BCUT2D eigenvalue weighted by Crippen LogP contribution is -2.41. The predicted molar refractivity (Wildman–Crippen MR) is 89.8 cm³/mol. The maximum absolute atomic E-state index is 12.5. The van der Waals surface area contributed by atoms with Crippen LogP contribution in [0.15, 0.2) is 46.9 Å². The van der Waals surface area contributed by atoms with Crippen LogP contribution in [-0.2, 0) is 16.0 Å². The number of carboxylic acid groups (broad SMARTS) is 1. The third-order valence-corrected chi connectivity index (χ3v) is 4.66. The second-order valence-electron chi connectivity index (χ2n) is 6.17. The Morgan fingerprint density at radius 3 is 2.83 bits per heavy atom. The third kappa shape index (κ3) is 2.42. The molecule has 1 N–H and O–H groups in total. The molecule has 0 radical (unpaired) electrons. The number of carbonyl (C=O) groups is 2. The lowest BCUT2D eigenvalue weighted by molar-refractivity contribution is -0.148. The fourth-order valence-corrected chi connectivity index (χ4v) is 3.50. The Kier molecular flexibility index (Phi) is 3.49. The van der Waals surface area contributed by atoms with E-state index in [0.717, 1.165) is 28.2 Å². The van der Waals surface area contributed by atoms with Gasteiger partial charge in [0.15, 0.2) is 0 Å². The van der Waals surface area contributed by atoms with Crippen LogP contribution in [0, 0.1) is 0 Å². The average molecular weight is 323 g/mol. The van der Waals surface area contributed by atoms with Crippen molar-refractivity contribution < 1.29 is 19.1 Å². The second kappa shape index (κ2) is 5.67. The van der Waals surface area contributed by atoms with Crippen molar-refractivity contribution in [3.05, 3.63) is 48.2 Å². The smallest absolute Gasteiger partial charge is 0.326 e. The SMILES string of the molecule is O=C(O)[C@@H]1CCCN1C(=O)Cc1cc2c(ccc3ccccc32)o1. The minimum atomic E-state index is -0.934. The van der Waals surface area contributed by atoms with Gasteiger partial charge in [-0.2, -0.15) is 0 Å². The number of hydrogen-bond acceptors (Lipinski definition) is 3. The van der Waals surface area contributed by atoms with E-state index in [9.17, 15) is 14.7 Å². The number of nitrogens with zero attached hydrogens (tertiary/aromatic N) is 1. The summed E-state index contributed by atoms with van der Waals surface area (Å²) in [5.74, 6) is -0.554. The van der Waals surface area contributed by atoms with E-state index in [2.05, 4.69) is 0 Å². The molecule has 0 bridgehead atoms. The zero-order valence-electron chi connectivity index (χ0n) is 13.1. The van der Waals surface area contributed by atoms with Gasteiger partial charge in [0, 0.05) is 11.9 Å². The molecule has 1 amide bonds. The molecule has 1 saturated heterocycles. The van der Waals surface area contributed by atoms with E-state index < -0.39 is 12.0 Å². The molecule has 0 saturated carbocycles. The number of hydrogen-bond donors (Lipinski definition) is 1. The molecular formula is C19H17NO4. The summed E-state index contributed by atoms with van der Waals surface area (Å²) in [4.78, 5) is 25.2. The molecule has 5 heteroatoms. The number of carboxylic acids is 1. The molecule has 122 valence electrons. The van der Waals surface area contributed by atoms with Crippen molar-refractivity contribution in [2.45, 2.75) is 25.3 Å². The van der Waals surface area contributed by atoms with E-state index in [-0.39, 0.29) is 12.3 Å². The fraction of sp³-hybridized carbons (Fsp3) is 0.263. The minimum absolute atomic E-state index is 0.0901. The first-order valence-electron chi connectivity index (χ1n) is 8.06. The van der Waals surface area contributed by atoms with Crippen LogP contribution >= 0.6 is 0 Å². The molecular weight excluding hydrogens is 306 g/mol. The summed E-state index contributed by atoms with van der Waals surface area (Å²) in [7, 11) is 0. The Morgan fingerprint density at radius 2 is 2.00 bits per heavy atom. The average Bonchev–Trinajstić information content (AvgIpc) is 3.21. The van der Waals surface area contributed by atoms with Crippen LogP contribution in [-0.4, -0.2) is 34.5 Å². The van der Waals surface area contributed by atoms with Gasteiger partial charge in [-0.1, -0.05) is 30.3 Å². The number of aliphatic carboxylic acids is 1. The maximum Gasteiger partial charge on any atom is 0.326 e. The van der Waals surface area contributed by atoms with Gasteiger partial charge in [0.1, 0.15) is 17.4 Å². The highest BCUT2D eigenvalue weighted by atomic mass is 16.4. The summed E-state index contributed by atoms with van der Waals surface area (Å²) in [6.07, 6.45) is 1.34. The van der Waals surface area contributed by atoms with E-state index in [1.54, 1.807) is 0 Å². The molecule has 1 atom stereocenters. The largest absolute Gasteiger partial charge is 0.480 e. The summed E-state index contributed by atoms with van der Waals surface area (Å²) in [6.45, 7) is 0.499. The van der Waals surface area contributed by atoms with Crippen LogP contribution in [0.25, 0.3) is 21.7 Å². The molecule has 1 aliphatic rings. The van der Waals surface area contributed by atoms with Gasteiger partial charge in [0.2, 0.25) is 5.91 Å². The van der Waals surface area contributed by atoms with E-state index in [1.807, 2.05) is 42.5 Å². The van der Waals surface area contributed by atoms with Gasteiger partial charge in [-0.15, -0.1) is 0 Å². The van der Waals surface area contributed by atoms with Crippen molar-refractivity contribution in [1.29, 1.82) is 0 Å². The zero-order valence-corrected chi connectivity index (χ0v) is 13.1. The van der Waals surface area contributed by atoms with E-state index in [4.69, 9.17) is 4.42 Å². The number of carbonyl (C=O) groups excluding carboxylic acids is 1. The first kappa shape index (κ1) is 14.8. The van der Waals surface area contributed by atoms with Crippen molar-refractivity contribution in [2.24, 2.45) is 0 Å². The number of rotatable bonds is 3. The maximum atomic E-state index is 12.5. The first-order valence-corrected chi connectivity index (χ1v) is 8.06. The van der Waals surface area contributed by atoms with E-state index in [1.165, 1.54) is 4.90 Å². The van der Waals surface area contributed by atoms with Crippen LogP contribution in [0.2, 0.25) is 0 Å². The predicted octanol–water partition coefficient (Wildman–Crippen LogP) is 3.20. The standard InChI is InChI=1S/C19H17NO4/c21-18(20-9-3-6-16(20)19(22)23)11-13-10-15-14-5-2-1-4-12(14)7-8-17(15)24-13/h1-2,4-5,7-8,10,16H,3,6,9,11H2,(H,22,23)/t16-/m0/s1. The van der Waals surface area contributed by atoms with Crippen LogP contribution in [0.3, 0.4) is 0 Å². The normalized spacial score (nSPS) is 17.7. The Morgan fingerprint density at radius 1 is 1.17 bits per heavy atom. The van der Waals surface area contributed by atoms with E-state index in [0.29, 0.717) is 18.7 Å². The number of furan rings is 1. The molecule has 2 heterocycles. The molecule has 1 aromatic heterocycles. The van der Waals surface area contributed by atoms with Crippen LogP contribution < -0.4 is 0 Å². The lowest BCUT2D eigenvalue weighted by atomic mass is 10.1. The van der Waals surface area contributed by atoms with Gasteiger partial charge >= 0.3 is 5.97 Å². The zero-order chi connectivity index (χ0) is 16.7. The number of likely N-dealkylation sites (tertiary alicyclic amines) is 1. The summed E-state index contributed by atoms with van der Waals surface area (Å²) < 4.78 is 5.81. The topological polar surface area (TPSA) is 70.8 Å². The van der Waals surface area contributed by atoms with Crippen molar-refractivity contribution >= 4 is 33.6 Å². The van der Waals surface area contributed by atoms with Gasteiger partial charge in [0.25, 0.3) is 0 Å². The summed E-state index contributed by atoms with van der Waals surface area (Å²) in [5, 5.41) is 12.4. The van der Waals surface area contributed by atoms with Crippen molar-refractivity contribution in [3.63, 3.8) is 0 Å². The van der Waals surface area contributed by atoms with Gasteiger partial charge in [-0.25, -0.2) is 4.79 Å². The van der Waals surface area contributed by atoms with Crippen molar-refractivity contribution in [1.82, 2.24) is 4.90 Å². The number of amides is 1. The lowest BCUT2D eigenvalue weighted by Gasteiger charge is -2.20. The van der Waals surface area contributed by atoms with Crippen molar-refractivity contribution in [2.75, 3.05) is 6.54 Å². The molecule has 1 aliphatic heterocycles. The van der Waals surface area contributed by atoms with Gasteiger partial charge in [0.05, 0.1) is 6.42 Å². The quantitative estimate of drug-likeness (QED) is 0.803. The minimum Gasteiger partial charge on any atom is -0.480 e. The Bertz CT molecular complexity index is 943. The highest BCUT2D eigenvalue weighted by Crippen LogP contribution is 2.29. The summed E-state index contributed by atoms with van der Waals surface area (Å²) in [5.41, 5.74) is 0.743. The van der Waals surface area contributed by atoms with Gasteiger partial charge in [-0.05, 0) is 35.7 Å². The number of benzene rings is 2. The monoisotopic (exact) mass is 323 g/mol. The molecule has 0 aliphatic carbocycles. The third-order valence-electron chi connectivity index (χ3n) is 4.66. The second-order valence-corrected chi connectivity index (χ2v) is 6.17. The molecule has 4 rings (SSSR count). The Labute approximate surface area is 138 Å². The summed E-state index contributed by atoms with van der Waals surface area (Å²) >= 11 is 0. The molecule has 0 unspecified atom stereocenters. The molecule has 3 aromatic rings. The fourth-order valence-electron chi connectivity index (χ4n) is 3.50. The van der Waals surface area contributed by atoms with Crippen LogP contribution in [0.5, 0.6) is 0 Å². The first-order chi connectivity index (χ1) is 11.6. The van der Waals surface area contributed by atoms with Gasteiger partial charge in [-0.3, -0.25) is 4.79 Å². The van der Waals surface area contributed by atoms with Gasteiger partial charge < -0.3 is 14.4 Å². The Balaban J connectivity index is 1.64. The molecule has 24 heavy (non-hydrogen) atoms. The number of fused-ring (bicyclic) bond motifs is 3. The molecule has 0 spiro atoms. The molecule has 2 aromatic carbocycles. The molecule has 1 fully saturated rings.